The highest BCUT2D eigenvalue weighted by molar-refractivity contribution is 6.09. The van der Waals surface area contributed by atoms with Crippen LogP contribution < -0.4 is 0 Å². The molecule has 0 amide bonds. The van der Waals surface area contributed by atoms with Crippen molar-refractivity contribution in [1.82, 2.24) is 4.98 Å². The lowest BCUT2D eigenvalue weighted by Gasteiger charge is -2.04. The molecule has 0 aliphatic rings. The largest absolute Gasteiger partial charge is 0.289 e. The molecule has 0 aliphatic carbocycles. The van der Waals surface area contributed by atoms with Gasteiger partial charge in [-0.15, -0.1) is 0 Å². The minimum absolute atomic E-state index is 0.0680. The summed E-state index contributed by atoms with van der Waals surface area (Å²) in [5.41, 5.74) is 3.54. The van der Waals surface area contributed by atoms with Crippen molar-refractivity contribution in [2.45, 2.75) is 26.7 Å². The second-order valence-electron chi connectivity index (χ2n) is 4.47. The van der Waals surface area contributed by atoms with Gasteiger partial charge in [0.25, 0.3) is 0 Å². The van der Waals surface area contributed by atoms with Crippen molar-refractivity contribution in [3.63, 3.8) is 0 Å². The van der Waals surface area contributed by atoms with Crippen LogP contribution in [0.15, 0.2) is 42.6 Å². The molecule has 92 valence electrons. The van der Waals surface area contributed by atoms with Crippen LogP contribution in [-0.4, -0.2) is 10.8 Å². The quantitative estimate of drug-likeness (QED) is 0.763. The Hall–Kier alpha value is -1.96. The predicted molar refractivity (Wildman–Crippen MR) is 72.8 cm³/mol. The third kappa shape index (κ3) is 2.83. The summed E-state index contributed by atoms with van der Waals surface area (Å²) in [7, 11) is 0. The number of carbonyl (C=O) groups excluding carboxylic acids is 1. The van der Waals surface area contributed by atoms with E-state index in [1.165, 1.54) is 5.56 Å². The molecule has 2 heteroatoms. The molecule has 0 saturated carbocycles. The average Bonchev–Trinajstić information content (AvgIpc) is 2.39. The first-order valence-electron chi connectivity index (χ1n) is 6.27. The Labute approximate surface area is 108 Å². The molecule has 0 aliphatic heterocycles. The minimum atomic E-state index is 0.0680. The van der Waals surface area contributed by atoms with Gasteiger partial charge in [0, 0.05) is 23.0 Å². The summed E-state index contributed by atoms with van der Waals surface area (Å²) in [6.45, 7) is 4.03. The summed E-state index contributed by atoms with van der Waals surface area (Å²) in [6.07, 6.45) is 3.78. The average molecular weight is 239 g/mol. The van der Waals surface area contributed by atoms with Gasteiger partial charge in [-0.3, -0.25) is 9.78 Å². The number of hydrogen-bond acceptors (Lipinski definition) is 2. The SMILES string of the molecule is CCCc1cccc(C(=O)c2ccnc(C)c2)c1. The summed E-state index contributed by atoms with van der Waals surface area (Å²) in [5.74, 6) is 0.0680. The van der Waals surface area contributed by atoms with E-state index in [4.69, 9.17) is 0 Å². The number of carbonyl (C=O) groups is 1. The van der Waals surface area contributed by atoms with E-state index in [9.17, 15) is 4.79 Å². The summed E-state index contributed by atoms with van der Waals surface area (Å²) in [6, 6.07) is 11.5. The minimum Gasteiger partial charge on any atom is -0.289 e. The van der Waals surface area contributed by atoms with Gasteiger partial charge in [0.2, 0.25) is 0 Å². The topological polar surface area (TPSA) is 30.0 Å². The Kier molecular flexibility index (Phi) is 3.88. The molecule has 0 saturated heterocycles. The molecular formula is C16H17NO. The lowest BCUT2D eigenvalue weighted by molar-refractivity contribution is 0.103. The Morgan fingerprint density at radius 2 is 1.94 bits per heavy atom. The summed E-state index contributed by atoms with van der Waals surface area (Å²) in [4.78, 5) is 16.4. The van der Waals surface area contributed by atoms with E-state index >= 15 is 0 Å². The number of hydrogen-bond donors (Lipinski definition) is 0. The lowest BCUT2D eigenvalue weighted by atomic mass is 10.00. The van der Waals surface area contributed by atoms with E-state index in [-0.39, 0.29) is 5.78 Å². The number of nitrogens with zero attached hydrogens (tertiary/aromatic N) is 1. The Morgan fingerprint density at radius 1 is 1.17 bits per heavy atom. The molecule has 1 aromatic heterocycles. The second kappa shape index (κ2) is 5.58. The van der Waals surface area contributed by atoms with Crippen LogP contribution in [0.25, 0.3) is 0 Å². The van der Waals surface area contributed by atoms with Gasteiger partial charge in [-0.05, 0) is 37.1 Å². The van der Waals surface area contributed by atoms with Crippen molar-refractivity contribution in [2.24, 2.45) is 0 Å². The van der Waals surface area contributed by atoms with Gasteiger partial charge in [0.15, 0.2) is 5.78 Å². The molecule has 18 heavy (non-hydrogen) atoms. The standard InChI is InChI=1S/C16H17NO/c1-3-5-13-6-4-7-14(11-13)16(18)15-8-9-17-12(2)10-15/h4,6-11H,3,5H2,1-2H3. The Morgan fingerprint density at radius 3 is 2.67 bits per heavy atom. The first-order chi connectivity index (χ1) is 8.70. The summed E-state index contributed by atoms with van der Waals surface area (Å²) < 4.78 is 0. The van der Waals surface area contributed by atoms with Gasteiger partial charge in [0.05, 0.1) is 0 Å². The van der Waals surface area contributed by atoms with E-state index in [0.717, 1.165) is 24.1 Å². The van der Waals surface area contributed by atoms with Crippen LogP contribution in [-0.2, 0) is 6.42 Å². The normalized spacial score (nSPS) is 10.3. The van der Waals surface area contributed by atoms with Crippen LogP contribution in [0, 0.1) is 6.92 Å². The van der Waals surface area contributed by atoms with Crippen molar-refractivity contribution >= 4 is 5.78 Å². The number of rotatable bonds is 4. The second-order valence-corrected chi connectivity index (χ2v) is 4.47. The van der Waals surface area contributed by atoms with Crippen LogP contribution in [0.1, 0.15) is 40.5 Å². The number of pyridine rings is 1. The van der Waals surface area contributed by atoms with Crippen LogP contribution in [0.3, 0.4) is 0 Å². The van der Waals surface area contributed by atoms with Crippen molar-refractivity contribution < 1.29 is 4.79 Å². The zero-order valence-electron chi connectivity index (χ0n) is 10.8. The molecule has 0 fully saturated rings. The maximum Gasteiger partial charge on any atom is 0.193 e. The molecule has 0 radical (unpaired) electrons. The van der Waals surface area contributed by atoms with E-state index in [0.29, 0.717) is 5.56 Å². The molecule has 0 spiro atoms. The molecule has 2 aromatic rings. The first-order valence-corrected chi connectivity index (χ1v) is 6.27. The molecule has 2 rings (SSSR count). The monoisotopic (exact) mass is 239 g/mol. The van der Waals surface area contributed by atoms with E-state index in [1.807, 2.05) is 31.2 Å². The fourth-order valence-corrected chi connectivity index (χ4v) is 2.01. The van der Waals surface area contributed by atoms with Gasteiger partial charge < -0.3 is 0 Å². The predicted octanol–water partition coefficient (Wildman–Crippen LogP) is 3.57. The van der Waals surface area contributed by atoms with Crippen LogP contribution in [0.4, 0.5) is 0 Å². The Balaban J connectivity index is 2.31. The van der Waals surface area contributed by atoms with Crippen LogP contribution in [0.2, 0.25) is 0 Å². The van der Waals surface area contributed by atoms with Gasteiger partial charge in [-0.25, -0.2) is 0 Å². The van der Waals surface area contributed by atoms with Gasteiger partial charge in [0.1, 0.15) is 0 Å². The third-order valence-corrected chi connectivity index (χ3v) is 2.89. The molecular weight excluding hydrogens is 222 g/mol. The van der Waals surface area contributed by atoms with Crippen LogP contribution >= 0.6 is 0 Å². The Bertz CT molecular complexity index is 561. The fourth-order valence-electron chi connectivity index (χ4n) is 2.01. The van der Waals surface area contributed by atoms with Gasteiger partial charge in [-0.1, -0.05) is 31.5 Å². The molecule has 0 N–H and O–H groups in total. The van der Waals surface area contributed by atoms with Crippen molar-refractivity contribution in [2.75, 3.05) is 0 Å². The number of aromatic nitrogens is 1. The first kappa shape index (κ1) is 12.5. The fraction of sp³-hybridized carbons (Fsp3) is 0.250. The highest BCUT2D eigenvalue weighted by Crippen LogP contribution is 2.13. The smallest absolute Gasteiger partial charge is 0.193 e. The number of benzene rings is 1. The summed E-state index contributed by atoms with van der Waals surface area (Å²) in [5, 5.41) is 0. The highest BCUT2D eigenvalue weighted by atomic mass is 16.1. The van der Waals surface area contributed by atoms with Crippen LogP contribution in [0.5, 0.6) is 0 Å². The zero-order chi connectivity index (χ0) is 13.0. The van der Waals surface area contributed by atoms with Gasteiger partial charge >= 0.3 is 0 Å². The van der Waals surface area contributed by atoms with E-state index in [1.54, 1.807) is 12.3 Å². The molecule has 0 unspecified atom stereocenters. The molecule has 1 aromatic carbocycles. The third-order valence-electron chi connectivity index (χ3n) is 2.89. The molecule has 1 heterocycles. The molecule has 0 atom stereocenters. The van der Waals surface area contributed by atoms with Crippen molar-refractivity contribution in [3.8, 4) is 0 Å². The molecule has 2 nitrogen and oxygen atoms in total. The highest BCUT2D eigenvalue weighted by Gasteiger charge is 2.09. The maximum atomic E-state index is 12.3. The lowest BCUT2D eigenvalue weighted by Crippen LogP contribution is -2.02. The summed E-state index contributed by atoms with van der Waals surface area (Å²) >= 11 is 0. The van der Waals surface area contributed by atoms with Crippen molar-refractivity contribution in [3.05, 3.63) is 65.0 Å². The van der Waals surface area contributed by atoms with E-state index in [2.05, 4.69) is 18.0 Å². The van der Waals surface area contributed by atoms with Crippen molar-refractivity contribution in [1.29, 1.82) is 0 Å². The maximum absolute atomic E-state index is 12.3. The number of aryl methyl sites for hydroxylation is 2. The van der Waals surface area contributed by atoms with Gasteiger partial charge in [-0.2, -0.15) is 0 Å². The zero-order valence-corrected chi connectivity index (χ0v) is 10.8. The van der Waals surface area contributed by atoms with E-state index < -0.39 is 0 Å². The molecule has 0 bridgehead atoms. The number of ketones is 1.